The van der Waals surface area contributed by atoms with Crippen molar-refractivity contribution in [2.24, 2.45) is 5.10 Å². The number of amides is 1. The van der Waals surface area contributed by atoms with Gasteiger partial charge in [0.15, 0.2) is 18.1 Å². The Hall–Kier alpha value is -2.33. The van der Waals surface area contributed by atoms with Crippen LogP contribution in [-0.2, 0) is 11.4 Å². The third-order valence-corrected chi connectivity index (χ3v) is 9.01. The zero-order valence-corrected chi connectivity index (χ0v) is 23.4. The minimum Gasteiger partial charge on any atom is -0.493 e. The molecule has 0 aromatic heterocycles. The maximum absolute atomic E-state index is 12.1. The monoisotopic (exact) mass is 606 g/mol. The molecule has 4 rings (SSSR count). The van der Waals surface area contributed by atoms with Gasteiger partial charge < -0.3 is 14.2 Å². The third kappa shape index (κ3) is 7.59. The Morgan fingerprint density at radius 2 is 1.83 bits per heavy atom. The van der Waals surface area contributed by atoms with Crippen LogP contribution >= 0.6 is 51.1 Å². The van der Waals surface area contributed by atoms with Crippen LogP contribution in [0, 0.1) is 0 Å². The lowest BCUT2D eigenvalue weighted by Crippen LogP contribution is -2.24. The van der Waals surface area contributed by atoms with Gasteiger partial charge in [0.1, 0.15) is 12.4 Å². The molecule has 10 heteroatoms. The number of hydrazone groups is 1. The van der Waals surface area contributed by atoms with Gasteiger partial charge in [-0.3, -0.25) is 4.79 Å². The van der Waals surface area contributed by atoms with Crippen LogP contribution < -0.4 is 19.6 Å². The molecule has 188 valence electrons. The number of nitrogens with one attached hydrogen (secondary N) is 1. The number of carbonyl (C=O) groups excluding carboxylic acids is 1. The summed E-state index contributed by atoms with van der Waals surface area (Å²) in [6.45, 7) is 0.199. The highest BCUT2D eigenvalue weighted by Crippen LogP contribution is 2.45. The van der Waals surface area contributed by atoms with Gasteiger partial charge in [-0.2, -0.15) is 5.10 Å². The van der Waals surface area contributed by atoms with Crippen molar-refractivity contribution in [1.29, 1.82) is 0 Å². The van der Waals surface area contributed by atoms with Crippen molar-refractivity contribution in [2.45, 2.75) is 11.2 Å². The molecular formula is C26H24BrClN2O4S2. The Kier molecular flexibility index (Phi) is 9.86. The molecule has 3 aromatic rings. The van der Waals surface area contributed by atoms with E-state index in [1.54, 1.807) is 12.1 Å². The molecule has 0 spiro atoms. The van der Waals surface area contributed by atoms with E-state index in [4.69, 9.17) is 25.8 Å². The molecule has 1 aliphatic rings. The molecule has 36 heavy (non-hydrogen) atoms. The zero-order chi connectivity index (χ0) is 25.3. The number of nitrogens with zero attached hydrogens (tertiary/aromatic N) is 1. The molecule has 3 aromatic carbocycles. The molecule has 1 heterocycles. The molecule has 1 saturated heterocycles. The first-order valence-electron chi connectivity index (χ1n) is 11.0. The molecule has 0 unspecified atom stereocenters. The fourth-order valence-electron chi connectivity index (χ4n) is 3.32. The predicted octanol–water partition coefficient (Wildman–Crippen LogP) is 6.70. The van der Waals surface area contributed by atoms with Gasteiger partial charge in [-0.05, 0) is 53.1 Å². The number of thioether (sulfide) groups is 2. The van der Waals surface area contributed by atoms with Crippen molar-refractivity contribution in [3.8, 4) is 17.2 Å². The predicted molar refractivity (Wildman–Crippen MR) is 152 cm³/mol. The van der Waals surface area contributed by atoms with Crippen LogP contribution in [0.5, 0.6) is 17.2 Å². The number of carbonyl (C=O) groups is 1. The third-order valence-electron chi connectivity index (χ3n) is 5.10. The molecule has 0 atom stereocenters. The fraction of sp³-hybridized carbons (Fsp3) is 0.231. The summed E-state index contributed by atoms with van der Waals surface area (Å²) in [5, 5.41) is 4.37. The summed E-state index contributed by atoms with van der Waals surface area (Å²) >= 11 is 13.7. The Labute approximate surface area is 232 Å². The van der Waals surface area contributed by atoms with Gasteiger partial charge in [0.25, 0.3) is 5.91 Å². The van der Waals surface area contributed by atoms with E-state index in [0.29, 0.717) is 39.0 Å². The number of methoxy groups -OCH3 is 1. The lowest BCUT2D eigenvalue weighted by atomic mass is 10.2. The van der Waals surface area contributed by atoms with Crippen molar-refractivity contribution < 1.29 is 19.0 Å². The normalized spacial score (nSPS) is 13.6. The van der Waals surface area contributed by atoms with E-state index in [2.05, 4.69) is 26.5 Å². The van der Waals surface area contributed by atoms with Crippen molar-refractivity contribution in [3.05, 3.63) is 86.8 Å². The highest BCUT2D eigenvalue weighted by Gasteiger charge is 2.18. The molecule has 1 amide bonds. The van der Waals surface area contributed by atoms with E-state index in [1.807, 2.05) is 72.1 Å². The van der Waals surface area contributed by atoms with Gasteiger partial charge in [-0.25, -0.2) is 5.43 Å². The molecule has 0 radical (unpaired) electrons. The zero-order valence-electron chi connectivity index (χ0n) is 19.4. The SMILES string of the molecule is COc1cc(/C=N\NC(=O)COc2ccc(C3SCCS3)cc2)cc(Cl)c1OCc1ccc(Br)cc1. The molecule has 6 nitrogen and oxygen atoms in total. The second-order valence-corrected chi connectivity index (χ2v) is 11.7. The van der Waals surface area contributed by atoms with Crippen LogP contribution in [0.4, 0.5) is 0 Å². The highest BCUT2D eigenvalue weighted by atomic mass is 79.9. The molecular weight excluding hydrogens is 584 g/mol. The average Bonchev–Trinajstić information content (AvgIpc) is 3.43. The van der Waals surface area contributed by atoms with E-state index in [0.717, 1.165) is 10.0 Å². The maximum atomic E-state index is 12.1. The second kappa shape index (κ2) is 13.3. The van der Waals surface area contributed by atoms with Crippen LogP contribution in [0.2, 0.25) is 5.02 Å². The minimum absolute atomic E-state index is 0.142. The molecule has 1 fully saturated rings. The van der Waals surface area contributed by atoms with Gasteiger partial charge in [0, 0.05) is 16.0 Å². The van der Waals surface area contributed by atoms with Crippen molar-refractivity contribution in [1.82, 2.24) is 5.43 Å². The lowest BCUT2D eigenvalue weighted by molar-refractivity contribution is -0.123. The minimum atomic E-state index is -0.371. The molecule has 1 N–H and O–H groups in total. The van der Waals surface area contributed by atoms with Crippen LogP contribution in [0.25, 0.3) is 0 Å². The number of halogens is 2. The number of rotatable bonds is 10. The summed E-state index contributed by atoms with van der Waals surface area (Å²) in [5.74, 6) is 3.53. The fourth-order valence-corrected chi connectivity index (χ4v) is 6.72. The second-order valence-electron chi connectivity index (χ2n) is 7.67. The van der Waals surface area contributed by atoms with Crippen LogP contribution in [0.15, 0.2) is 70.2 Å². The summed E-state index contributed by atoms with van der Waals surface area (Å²) in [6, 6.07) is 19.1. The first kappa shape index (κ1) is 26.7. The van der Waals surface area contributed by atoms with E-state index < -0.39 is 0 Å². The number of hydrogen-bond donors (Lipinski definition) is 1. The van der Waals surface area contributed by atoms with E-state index in [1.165, 1.54) is 30.4 Å². The first-order valence-corrected chi connectivity index (χ1v) is 14.3. The Balaban J connectivity index is 1.28. The lowest BCUT2D eigenvalue weighted by Gasteiger charge is -2.13. The maximum Gasteiger partial charge on any atom is 0.277 e. The highest BCUT2D eigenvalue weighted by molar-refractivity contribution is 9.10. The standard InChI is InChI=1S/C26H24BrClN2O4S2/c1-32-23-13-18(12-22(28)25(23)34-15-17-2-6-20(27)7-3-17)14-29-30-24(31)16-33-21-8-4-19(5-9-21)26-35-10-11-36-26/h2-9,12-14,26H,10-11,15-16H2,1H3,(H,30,31)/b29-14-. The largest absolute Gasteiger partial charge is 0.493 e. The molecule has 0 aliphatic carbocycles. The van der Waals surface area contributed by atoms with Crippen LogP contribution in [0.3, 0.4) is 0 Å². The molecule has 0 saturated carbocycles. The van der Waals surface area contributed by atoms with E-state index in [9.17, 15) is 4.79 Å². The van der Waals surface area contributed by atoms with E-state index in [-0.39, 0.29) is 12.5 Å². The van der Waals surface area contributed by atoms with Gasteiger partial charge in [0.05, 0.1) is 22.9 Å². The van der Waals surface area contributed by atoms with Crippen molar-refractivity contribution in [3.63, 3.8) is 0 Å². The Morgan fingerprint density at radius 3 is 2.53 bits per heavy atom. The van der Waals surface area contributed by atoms with Gasteiger partial charge >= 0.3 is 0 Å². The summed E-state index contributed by atoms with van der Waals surface area (Å²) in [6.07, 6.45) is 1.48. The molecule has 1 aliphatic heterocycles. The summed E-state index contributed by atoms with van der Waals surface area (Å²) in [4.78, 5) is 12.1. The Bertz CT molecular complexity index is 1200. The Morgan fingerprint density at radius 1 is 1.11 bits per heavy atom. The first-order chi connectivity index (χ1) is 17.5. The number of hydrogen-bond acceptors (Lipinski definition) is 7. The van der Waals surface area contributed by atoms with Crippen molar-refractivity contribution >= 4 is 63.2 Å². The van der Waals surface area contributed by atoms with Crippen molar-refractivity contribution in [2.75, 3.05) is 25.2 Å². The summed E-state index contributed by atoms with van der Waals surface area (Å²) in [7, 11) is 1.54. The van der Waals surface area contributed by atoms with E-state index >= 15 is 0 Å². The van der Waals surface area contributed by atoms with Crippen LogP contribution in [0.1, 0.15) is 21.3 Å². The summed E-state index contributed by atoms with van der Waals surface area (Å²) < 4.78 is 18.4. The van der Waals surface area contributed by atoms with Gasteiger partial charge in [-0.15, -0.1) is 23.5 Å². The van der Waals surface area contributed by atoms with Gasteiger partial charge in [0.2, 0.25) is 0 Å². The molecule has 0 bridgehead atoms. The quantitative estimate of drug-likeness (QED) is 0.204. The average molecular weight is 608 g/mol. The topological polar surface area (TPSA) is 69.2 Å². The van der Waals surface area contributed by atoms with Crippen LogP contribution in [-0.4, -0.2) is 37.3 Å². The number of ether oxygens (including phenoxy) is 3. The number of benzene rings is 3. The van der Waals surface area contributed by atoms with Gasteiger partial charge in [-0.1, -0.05) is 51.8 Å². The summed E-state index contributed by atoms with van der Waals surface area (Å²) in [5.41, 5.74) is 5.37. The smallest absolute Gasteiger partial charge is 0.277 e.